The molecule has 18 heavy (non-hydrogen) atoms. The van der Waals surface area contributed by atoms with Gasteiger partial charge in [0.05, 0.1) is 12.3 Å². The van der Waals surface area contributed by atoms with Crippen LogP contribution in [0.4, 0.5) is 0 Å². The first-order valence-corrected chi connectivity index (χ1v) is 6.85. The molecule has 1 aromatic rings. The summed E-state index contributed by atoms with van der Waals surface area (Å²) in [5.41, 5.74) is 0. The van der Waals surface area contributed by atoms with E-state index >= 15 is 0 Å². The Bertz CT molecular complexity index is 415. The minimum absolute atomic E-state index is 0.0289. The Morgan fingerprint density at radius 2 is 2.11 bits per heavy atom. The first kappa shape index (κ1) is 14.6. The number of hydrogen-bond acceptors (Lipinski definition) is 4. The van der Waals surface area contributed by atoms with Crippen LogP contribution in [-0.4, -0.2) is 42.3 Å². The Balaban J connectivity index is 2.45. The molecule has 0 aliphatic rings. The molecule has 0 aliphatic heterocycles. The van der Waals surface area contributed by atoms with Gasteiger partial charge in [0.25, 0.3) is 5.91 Å². The number of nitrogens with zero attached hydrogens (tertiary/aromatic N) is 1. The van der Waals surface area contributed by atoms with Gasteiger partial charge < -0.3 is 14.6 Å². The Labute approximate surface area is 111 Å². The maximum atomic E-state index is 11.6. The number of rotatable bonds is 6. The van der Waals surface area contributed by atoms with Gasteiger partial charge in [-0.3, -0.25) is 9.59 Å². The highest BCUT2D eigenvalue weighted by Crippen LogP contribution is 2.09. The number of furan rings is 1. The first-order chi connectivity index (χ1) is 8.54. The largest absolute Gasteiger partial charge is 0.454 e. The number of amides is 2. The number of hydrogen-bond donors (Lipinski definition) is 1. The van der Waals surface area contributed by atoms with Crippen LogP contribution in [0.5, 0.6) is 0 Å². The molecule has 0 saturated heterocycles. The molecule has 0 bridgehead atoms. The summed E-state index contributed by atoms with van der Waals surface area (Å²) < 4.78 is 5.35. The summed E-state index contributed by atoms with van der Waals surface area (Å²) in [6.07, 6.45) is 0. The highest BCUT2D eigenvalue weighted by Gasteiger charge is 2.13. The quantitative estimate of drug-likeness (QED) is 0.847. The highest BCUT2D eigenvalue weighted by atomic mass is 32.2. The van der Waals surface area contributed by atoms with Crippen LogP contribution >= 0.6 is 11.8 Å². The van der Waals surface area contributed by atoms with Crippen LogP contribution in [0.15, 0.2) is 16.5 Å². The number of carbonyl (C=O) groups is 2. The minimum Gasteiger partial charge on any atom is -0.454 e. The topological polar surface area (TPSA) is 62.6 Å². The van der Waals surface area contributed by atoms with E-state index in [1.807, 2.05) is 6.92 Å². The van der Waals surface area contributed by atoms with Crippen molar-refractivity contribution >= 4 is 23.6 Å². The number of carbonyl (C=O) groups excluding carboxylic acids is 2. The zero-order valence-electron chi connectivity index (χ0n) is 10.9. The standard InChI is InChI=1S/C12H18N2O3S/c1-4-18-8-11(15)13-7-9-5-6-10(17-9)12(16)14(2)3/h5-6H,4,7-8H2,1-3H3,(H,13,15). The predicted molar refractivity (Wildman–Crippen MR) is 71.6 cm³/mol. The fourth-order valence-corrected chi connectivity index (χ4v) is 1.73. The molecule has 100 valence electrons. The molecule has 1 rings (SSSR count). The lowest BCUT2D eigenvalue weighted by molar-refractivity contribution is -0.118. The van der Waals surface area contributed by atoms with E-state index in [2.05, 4.69) is 5.32 Å². The van der Waals surface area contributed by atoms with Crippen LogP contribution in [0.25, 0.3) is 0 Å². The fraction of sp³-hybridized carbons (Fsp3) is 0.500. The van der Waals surface area contributed by atoms with Crippen molar-refractivity contribution in [3.63, 3.8) is 0 Å². The van der Waals surface area contributed by atoms with E-state index in [4.69, 9.17) is 4.42 Å². The summed E-state index contributed by atoms with van der Waals surface area (Å²) in [5.74, 6) is 2.01. The highest BCUT2D eigenvalue weighted by molar-refractivity contribution is 7.99. The fourth-order valence-electron chi connectivity index (χ4n) is 1.24. The zero-order valence-corrected chi connectivity index (χ0v) is 11.7. The van der Waals surface area contributed by atoms with Gasteiger partial charge in [-0.15, -0.1) is 0 Å². The van der Waals surface area contributed by atoms with E-state index in [1.165, 1.54) is 4.90 Å². The Morgan fingerprint density at radius 3 is 2.72 bits per heavy atom. The van der Waals surface area contributed by atoms with Gasteiger partial charge in [-0.25, -0.2) is 0 Å². The third-order valence-corrected chi connectivity index (χ3v) is 3.05. The first-order valence-electron chi connectivity index (χ1n) is 5.69. The normalized spacial score (nSPS) is 10.2. The van der Waals surface area contributed by atoms with E-state index in [9.17, 15) is 9.59 Å². The predicted octanol–water partition coefficient (Wildman–Crippen LogP) is 1.35. The van der Waals surface area contributed by atoms with Gasteiger partial charge in [0.15, 0.2) is 5.76 Å². The van der Waals surface area contributed by atoms with Crippen LogP contribution < -0.4 is 5.32 Å². The third-order valence-electron chi connectivity index (χ3n) is 2.18. The molecule has 0 fully saturated rings. The van der Waals surface area contributed by atoms with Crippen LogP contribution in [0, 0.1) is 0 Å². The third kappa shape index (κ3) is 4.44. The van der Waals surface area contributed by atoms with Gasteiger partial charge in [-0.1, -0.05) is 6.92 Å². The van der Waals surface area contributed by atoms with E-state index in [0.717, 1.165) is 5.75 Å². The molecule has 1 heterocycles. The Morgan fingerprint density at radius 1 is 1.39 bits per heavy atom. The molecule has 0 unspecified atom stereocenters. The maximum absolute atomic E-state index is 11.6. The van der Waals surface area contributed by atoms with Crippen molar-refractivity contribution in [1.29, 1.82) is 0 Å². The van der Waals surface area contributed by atoms with Crippen molar-refractivity contribution in [3.8, 4) is 0 Å². The summed E-state index contributed by atoms with van der Waals surface area (Å²) in [7, 11) is 3.32. The Hall–Kier alpha value is -1.43. The van der Waals surface area contributed by atoms with E-state index in [1.54, 1.807) is 38.0 Å². The monoisotopic (exact) mass is 270 g/mol. The van der Waals surface area contributed by atoms with E-state index in [0.29, 0.717) is 18.1 Å². The smallest absolute Gasteiger partial charge is 0.289 e. The van der Waals surface area contributed by atoms with E-state index in [-0.39, 0.29) is 17.6 Å². The second-order valence-corrected chi connectivity index (χ2v) is 5.15. The summed E-state index contributed by atoms with van der Waals surface area (Å²) in [6.45, 7) is 2.31. The molecule has 0 spiro atoms. The van der Waals surface area contributed by atoms with Gasteiger partial charge >= 0.3 is 0 Å². The Kier molecular flexibility index (Phi) is 5.77. The second kappa shape index (κ2) is 7.10. The lowest BCUT2D eigenvalue weighted by atomic mass is 10.4. The van der Waals surface area contributed by atoms with Crippen LogP contribution in [0.2, 0.25) is 0 Å². The second-order valence-electron chi connectivity index (χ2n) is 3.88. The molecule has 2 amide bonds. The molecule has 0 atom stereocenters. The molecular formula is C12H18N2O3S. The SMILES string of the molecule is CCSCC(=O)NCc1ccc(C(=O)N(C)C)o1. The van der Waals surface area contributed by atoms with Crippen LogP contribution in [-0.2, 0) is 11.3 Å². The molecule has 1 N–H and O–H groups in total. The molecule has 5 nitrogen and oxygen atoms in total. The van der Waals surface area contributed by atoms with Gasteiger partial charge in [0.2, 0.25) is 5.91 Å². The number of nitrogens with one attached hydrogen (secondary N) is 1. The molecule has 0 aromatic carbocycles. The summed E-state index contributed by atoms with van der Waals surface area (Å²) in [6, 6.07) is 3.31. The van der Waals surface area contributed by atoms with Crippen molar-refractivity contribution < 1.29 is 14.0 Å². The van der Waals surface area contributed by atoms with Crippen LogP contribution in [0.3, 0.4) is 0 Å². The minimum atomic E-state index is -0.186. The average molecular weight is 270 g/mol. The molecule has 0 aliphatic carbocycles. The lowest BCUT2D eigenvalue weighted by Crippen LogP contribution is -2.24. The van der Waals surface area contributed by atoms with Crippen molar-refractivity contribution in [3.05, 3.63) is 23.7 Å². The van der Waals surface area contributed by atoms with Gasteiger partial charge in [0.1, 0.15) is 5.76 Å². The van der Waals surface area contributed by atoms with Gasteiger partial charge in [-0.05, 0) is 17.9 Å². The lowest BCUT2D eigenvalue weighted by Gasteiger charge is -2.07. The van der Waals surface area contributed by atoms with Crippen molar-refractivity contribution in [1.82, 2.24) is 10.2 Å². The summed E-state index contributed by atoms with van der Waals surface area (Å²) >= 11 is 1.56. The average Bonchev–Trinajstić information content (AvgIpc) is 2.81. The van der Waals surface area contributed by atoms with Crippen molar-refractivity contribution in [2.45, 2.75) is 13.5 Å². The van der Waals surface area contributed by atoms with Crippen molar-refractivity contribution in [2.75, 3.05) is 25.6 Å². The molecule has 1 aromatic heterocycles. The van der Waals surface area contributed by atoms with E-state index < -0.39 is 0 Å². The molecular weight excluding hydrogens is 252 g/mol. The summed E-state index contributed by atoms with van der Waals surface area (Å²) in [4.78, 5) is 24.4. The van der Waals surface area contributed by atoms with Crippen molar-refractivity contribution in [2.24, 2.45) is 0 Å². The molecule has 0 saturated carbocycles. The summed E-state index contributed by atoms with van der Waals surface area (Å²) in [5, 5.41) is 2.74. The van der Waals surface area contributed by atoms with Crippen LogP contribution in [0.1, 0.15) is 23.2 Å². The molecule has 0 radical (unpaired) electrons. The zero-order chi connectivity index (χ0) is 13.5. The van der Waals surface area contributed by atoms with Gasteiger partial charge in [0, 0.05) is 14.1 Å². The molecule has 6 heteroatoms. The van der Waals surface area contributed by atoms with Gasteiger partial charge in [-0.2, -0.15) is 11.8 Å². The maximum Gasteiger partial charge on any atom is 0.289 e. The number of thioether (sulfide) groups is 1.